The third-order valence-electron chi connectivity index (χ3n) is 14.7. The molecular weight excluding hydrogens is 831 g/mol. The molecule has 0 radical (unpaired) electrons. The number of Topliss-reactive ketones (excluding diaryl/α,β-unsaturated/α-hetero) is 2. The summed E-state index contributed by atoms with van der Waals surface area (Å²) >= 11 is 1.37. The highest BCUT2D eigenvalue weighted by Gasteiger charge is 2.77. The second kappa shape index (κ2) is 16.3. The van der Waals surface area contributed by atoms with Crippen LogP contribution in [0.1, 0.15) is 93.1 Å². The van der Waals surface area contributed by atoms with Crippen molar-refractivity contribution in [3.63, 3.8) is 0 Å². The number of benzene rings is 3. The molecule has 3 aliphatic carbocycles. The van der Waals surface area contributed by atoms with E-state index in [4.69, 9.17) is 23.7 Å². The van der Waals surface area contributed by atoms with E-state index >= 15 is 4.79 Å². The van der Waals surface area contributed by atoms with E-state index < -0.39 is 100 Å². The van der Waals surface area contributed by atoms with Crippen molar-refractivity contribution in [2.75, 3.05) is 18.8 Å². The van der Waals surface area contributed by atoms with Crippen molar-refractivity contribution in [2.24, 2.45) is 22.7 Å². The number of aliphatic hydroxyl groups is 2. The lowest BCUT2D eigenvalue weighted by Crippen LogP contribution is -2.80. The van der Waals surface area contributed by atoms with E-state index in [1.165, 1.54) is 18.7 Å². The first kappa shape index (κ1) is 44.7. The first-order chi connectivity index (χ1) is 29.8. The first-order valence-corrected chi connectivity index (χ1v) is 22.6. The zero-order valence-electron chi connectivity index (χ0n) is 36.3. The molecule has 14 nitrogen and oxygen atoms in total. The van der Waals surface area contributed by atoms with E-state index in [9.17, 15) is 34.2 Å². The summed E-state index contributed by atoms with van der Waals surface area (Å²) in [4.78, 5) is 84.7. The van der Waals surface area contributed by atoms with Crippen LogP contribution in [-0.4, -0.2) is 106 Å². The molecule has 2 heterocycles. The fourth-order valence-electron chi connectivity index (χ4n) is 11.7. The normalized spacial score (nSPS) is 33.3. The first-order valence-electron chi connectivity index (χ1n) is 21.2. The average molecular weight is 884 g/mol. The second-order valence-electron chi connectivity index (χ2n) is 18.3. The van der Waals surface area contributed by atoms with Crippen molar-refractivity contribution in [3.8, 4) is 0 Å². The van der Waals surface area contributed by atoms with Gasteiger partial charge in [0, 0.05) is 61.5 Å². The standard InChI is InChI=1S/C48H53NO13S/c1-24-33(61-44(56)39(53)38-29-17-11-15-28-16-12-18-30(36(28)29)43(55)49-38)21-48(57)31(19-32(52)27-13-9-8-10-14-27)41-46(6,42(54)40(60-25(2)50)37(24)45(48,4)5)34(59-23-63-7)20-35-47(41,22-58-35)62-26(3)51/h8-18,31,33-35,38-41,53,57H,19-23H2,1-7H3,(H,49,55)/t31-,33-,34?,35?,38-,39+,40+,41-,46+,47-,48+/m0/s1. The summed E-state index contributed by atoms with van der Waals surface area (Å²) in [7, 11) is 0. The molecule has 8 rings (SSSR count). The lowest BCUT2D eigenvalue weighted by molar-refractivity contribution is -0.341. The number of rotatable bonds is 11. The molecule has 3 aromatic carbocycles. The maximum absolute atomic E-state index is 15.9. The Morgan fingerprint density at radius 3 is 2.29 bits per heavy atom. The summed E-state index contributed by atoms with van der Waals surface area (Å²) in [6.07, 6.45) is -5.50. The Morgan fingerprint density at radius 2 is 1.65 bits per heavy atom. The van der Waals surface area contributed by atoms with Crippen molar-refractivity contribution in [1.29, 1.82) is 0 Å². The highest BCUT2D eigenvalue weighted by molar-refractivity contribution is 7.98. The van der Waals surface area contributed by atoms with Crippen LogP contribution in [0, 0.1) is 22.7 Å². The topological polar surface area (TPSA) is 201 Å². The number of hydrogen-bond acceptors (Lipinski definition) is 14. The molecule has 15 heteroatoms. The molecule has 2 saturated carbocycles. The quantitative estimate of drug-likeness (QED) is 0.0745. The van der Waals surface area contributed by atoms with E-state index in [1.807, 2.05) is 18.4 Å². The lowest BCUT2D eigenvalue weighted by Gasteiger charge is -2.68. The molecule has 0 spiro atoms. The Balaban J connectivity index is 1.31. The number of fused-ring (bicyclic) bond motifs is 5. The molecule has 2 unspecified atom stereocenters. The Kier molecular flexibility index (Phi) is 11.5. The number of hydrogen-bond donors (Lipinski definition) is 3. The van der Waals surface area contributed by atoms with Gasteiger partial charge in [-0.2, -0.15) is 0 Å². The molecule has 5 aliphatic rings. The second-order valence-corrected chi connectivity index (χ2v) is 19.1. The minimum Gasteiger partial charge on any atom is -0.456 e. The molecule has 1 saturated heterocycles. The van der Waals surface area contributed by atoms with Crippen LogP contribution < -0.4 is 5.32 Å². The van der Waals surface area contributed by atoms with E-state index in [1.54, 1.807) is 82.3 Å². The number of amides is 1. The number of esters is 3. The van der Waals surface area contributed by atoms with Crippen molar-refractivity contribution < 1.29 is 62.7 Å². The molecule has 3 N–H and O–H groups in total. The molecule has 334 valence electrons. The summed E-state index contributed by atoms with van der Waals surface area (Å²) in [5.41, 5.74) is -5.20. The fourth-order valence-corrected chi connectivity index (χ4v) is 12.0. The van der Waals surface area contributed by atoms with E-state index in [-0.39, 0.29) is 48.7 Å². The number of nitrogens with one attached hydrogen (secondary N) is 1. The van der Waals surface area contributed by atoms with Gasteiger partial charge in [0.2, 0.25) is 0 Å². The predicted octanol–water partition coefficient (Wildman–Crippen LogP) is 5.21. The summed E-state index contributed by atoms with van der Waals surface area (Å²) in [6, 6.07) is 17.8. The molecule has 1 amide bonds. The minimum absolute atomic E-state index is 0.104. The third kappa shape index (κ3) is 6.93. The Hall–Kier alpha value is -4.93. The van der Waals surface area contributed by atoms with Gasteiger partial charge in [0.15, 0.2) is 29.4 Å². The van der Waals surface area contributed by atoms with Gasteiger partial charge >= 0.3 is 17.9 Å². The van der Waals surface area contributed by atoms with E-state index in [2.05, 4.69) is 5.32 Å². The summed E-state index contributed by atoms with van der Waals surface area (Å²) in [5, 5.41) is 29.8. The van der Waals surface area contributed by atoms with Crippen LogP contribution in [0.4, 0.5) is 0 Å². The van der Waals surface area contributed by atoms with Gasteiger partial charge in [-0.25, -0.2) is 4.79 Å². The molecule has 2 bridgehead atoms. The third-order valence-corrected chi connectivity index (χ3v) is 15.0. The number of carbonyl (C=O) groups excluding carboxylic acids is 6. The fraction of sp³-hybridized carbons (Fsp3) is 0.500. The van der Waals surface area contributed by atoms with Crippen molar-refractivity contribution >= 4 is 57.9 Å². The monoisotopic (exact) mass is 883 g/mol. The summed E-state index contributed by atoms with van der Waals surface area (Å²) in [6.45, 7) is 8.91. The van der Waals surface area contributed by atoms with Crippen LogP contribution in [0.15, 0.2) is 77.9 Å². The van der Waals surface area contributed by atoms with Gasteiger partial charge in [-0.05, 0) is 53.7 Å². The van der Waals surface area contributed by atoms with Crippen molar-refractivity contribution in [1.82, 2.24) is 5.32 Å². The maximum atomic E-state index is 15.9. The van der Waals surface area contributed by atoms with Gasteiger partial charge in [-0.15, -0.1) is 11.8 Å². The Morgan fingerprint density at radius 1 is 0.952 bits per heavy atom. The summed E-state index contributed by atoms with van der Waals surface area (Å²) < 4.78 is 31.1. The molecule has 11 atom stereocenters. The van der Waals surface area contributed by atoms with Crippen LogP contribution in [0.3, 0.4) is 0 Å². The minimum atomic E-state index is -2.11. The van der Waals surface area contributed by atoms with Gasteiger partial charge in [0.1, 0.15) is 12.2 Å². The van der Waals surface area contributed by atoms with Gasteiger partial charge < -0.3 is 39.2 Å². The van der Waals surface area contributed by atoms with E-state index in [0.29, 0.717) is 22.1 Å². The van der Waals surface area contributed by atoms with Crippen LogP contribution in [0.2, 0.25) is 0 Å². The number of thioether (sulfide) groups is 1. The molecule has 0 aromatic heterocycles. The van der Waals surface area contributed by atoms with Crippen molar-refractivity contribution in [3.05, 3.63) is 94.6 Å². The number of ketones is 2. The van der Waals surface area contributed by atoms with Crippen LogP contribution in [0.5, 0.6) is 0 Å². The summed E-state index contributed by atoms with van der Waals surface area (Å²) in [5.74, 6) is -6.38. The maximum Gasteiger partial charge on any atom is 0.338 e. The zero-order valence-corrected chi connectivity index (χ0v) is 37.1. The zero-order chi connectivity index (χ0) is 45.4. The molecule has 3 aromatic rings. The Bertz CT molecular complexity index is 2430. The Labute approximate surface area is 369 Å². The van der Waals surface area contributed by atoms with Gasteiger partial charge in [-0.3, -0.25) is 24.0 Å². The average Bonchev–Trinajstić information content (AvgIpc) is 3.24. The number of aliphatic hydroxyl groups excluding tert-OH is 1. The number of ether oxygens (including phenoxy) is 5. The van der Waals surface area contributed by atoms with Gasteiger partial charge in [0.25, 0.3) is 5.91 Å². The van der Waals surface area contributed by atoms with Crippen LogP contribution >= 0.6 is 11.8 Å². The molecule has 3 fully saturated rings. The van der Waals surface area contributed by atoms with Gasteiger partial charge in [0.05, 0.1) is 35.7 Å². The SMILES string of the molecule is CSCOC1CC2OC[C@@]2(OC(C)=O)[C@H]2[C@H](CC(=O)c3ccccc3)[C@]3(O)C[C@H](OC(=O)[C@H](O)[C@H]4NC(=O)c5cccc6cccc4c56)C(C)=C([C@@H](OC(C)=O)C(=O)[C@]12C)C3(C)C. The molecule has 63 heavy (non-hydrogen) atoms. The highest BCUT2D eigenvalue weighted by atomic mass is 32.2. The smallest absolute Gasteiger partial charge is 0.338 e. The van der Waals surface area contributed by atoms with E-state index in [0.717, 1.165) is 12.3 Å². The number of carbonyl (C=O) groups is 6. The molecular formula is C48H53NO13S. The van der Waals surface area contributed by atoms with Crippen LogP contribution in [-0.2, 0) is 42.9 Å². The lowest BCUT2D eigenvalue weighted by atomic mass is 9.41. The van der Waals surface area contributed by atoms with Crippen LogP contribution in [0.25, 0.3) is 10.8 Å². The predicted molar refractivity (Wildman–Crippen MR) is 229 cm³/mol. The largest absolute Gasteiger partial charge is 0.456 e. The van der Waals surface area contributed by atoms with Crippen molar-refractivity contribution in [2.45, 2.75) is 109 Å². The molecule has 2 aliphatic heterocycles. The highest BCUT2D eigenvalue weighted by Crippen LogP contribution is 2.67. The van der Waals surface area contributed by atoms with Gasteiger partial charge in [-0.1, -0.05) is 74.5 Å².